The van der Waals surface area contributed by atoms with Crippen molar-refractivity contribution in [2.45, 2.75) is 19.8 Å². The van der Waals surface area contributed by atoms with Crippen LogP contribution in [-0.4, -0.2) is 28.8 Å². The van der Waals surface area contributed by atoms with Gasteiger partial charge in [-0.05, 0) is 44.0 Å². The summed E-state index contributed by atoms with van der Waals surface area (Å²) in [6.45, 7) is 1.48. The minimum Gasteiger partial charge on any atom is -0.494 e. The van der Waals surface area contributed by atoms with E-state index in [2.05, 4.69) is 20.6 Å². The highest BCUT2D eigenvalue weighted by Crippen LogP contribution is 2.38. The van der Waals surface area contributed by atoms with Crippen LogP contribution >= 0.6 is 0 Å². The van der Waals surface area contributed by atoms with Crippen molar-refractivity contribution in [1.82, 2.24) is 9.97 Å². The van der Waals surface area contributed by atoms with Crippen molar-refractivity contribution in [2.24, 2.45) is 5.92 Å². The van der Waals surface area contributed by atoms with Gasteiger partial charge in [0, 0.05) is 29.9 Å². The largest absolute Gasteiger partial charge is 0.494 e. The van der Waals surface area contributed by atoms with Crippen molar-refractivity contribution in [3.05, 3.63) is 60.4 Å². The smallest absolute Gasteiger partial charge is 0.228 e. The molecule has 7 nitrogen and oxygen atoms in total. The number of ketones is 1. The molecule has 2 aromatic heterocycles. The van der Waals surface area contributed by atoms with E-state index in [9.17, 15) is 9.59 Å². The van der Waals surface area contributed by atoms with E-state index in [0.29, 0.717) is 28.5 Å². The maximum atomic E-state index is 12.1. The van der Waals surface area contributed by atoms with Crippen molar-refractivity contribution in [3.8, 4) is 17.0 Å². The second-order valence-electron chi connectivity index (χ2n) is 7.16. The molecule has 152 valence electrons. The maximum absolute atomic E-state index is 12.1. The van der Waals surface area contributed by atoms with Gasteiger partial charge in [-0.25, -0.2) is 4.98 Å². The van der Waals surface area contributed by atoms with E-state index in [1.165, 1.54) is 13.1 Å². The Bertz CT molecular complexity index is 1090. The van der Waals surface area contributed by atoms with E-state index >= 15 is 0 Å². The number of nitrogens with zero attached hydrogens (tertiary/aromatic N) is 2. The molecule has 0 spiro atoms. The first-order valence-corrected chi connectivity index (χ1v) is 9.74. The van der Waals surface area contributed by atoms with Gasteiger partial charge in [-0.2, -0.15) is 0 Å². The van der Waals surface area contributed by atoms with Crippen LogP contribution in [0.4, 0.5) is 17.2 Å². The van der Waals surface area contributed by atoms with Gasteiger partial charge in [0.05, 0.1) is 29.7 Å². The Balaban J connectivity index is 1.70. The zero-order valence-electron chi connectivity index (χ0n) is 16.8. The predicted octanol–water partition coefficient (Wildman–Crippen LogP) is 4.45. The number of carbonyl (C=O) groups excluding carboxylic acids is 2. The number of nitrogens with one attached hydrogen (secondary N) is 2. The van der Waals surface area contributed by atoms with E-state index in [4.69, 9.17) is 4.74 Å². The molecule has 0 saturated heterocycles. The first-order chi connectivity index (χ1) is 14.6. The first kappa shape index (κ1) is 19.6. The van der Waals surface area contributed by atoms with E-state index < -0.39 is 0 Å². The third kappa shape index (κ3) is 4.15. The van der Waals surface area contributed by atoms with E-state index in [0.717, 1.165) is 24.1 Å². The number of methoxy groups -OCH3 is 1. The highest BCUT2D eigenvalue weighted by molar-refractivity contribution is 6.01. The van der Waals surface area contributed by atoms with Crippen LogP contribution in [0.1, 0.15) is 30.1 Å². The molecule has 0 atom stereocenters. The predicted molar refractivity (Wildman–Crippen MR) is 115 cm³/mol. The second-order valence-corrected chi connectivity index (χ2v) is 7.16. The molecule has 1 aliphatic carbocycles. The summed E-state index contributed by atoms with van der Waals surface area (Å²) in [5, 5.41) is 6.10. The highest BCUT2D eigenvalue weighted by Gasteiger charge is 2.30. The number of anilines is 3. The van der Waals surface area contributed by atoms with Gasteiger partial charge in [0.1, 0.15) is 5.82 Å². The van der Waals surface area contributed by atoms with Gasteiger partial charge in [-0.3, -0.25) is 14.6 Å². The fraction of sp³-hybridized carbons (Fsp3) is 0.217. The van der Waals surface area contributed by atoms with Gasteiger partial charge in [0.2, 0.25) is 5.91 Å². The summed E-state index contributed by atoms with van der Waals surface area (Å²) in [6, 6.07) is 13.0. The third-order valence-electron chi connectivity index (χ3n) is 4.91. The molecule has 4 rings (SSSR count). The van der Waals surface area contributed by atoms with Gasteiger partial charge in [0.25, 0.3) is 0 Å². The van der Waals surface area contributed by atoms with Crippen LogP contribution < -0.4 is 15.4 Å². The van der Waals surface area contributed by atoms with Crippen molar-refractivity contribution in [1.29, 1.82) is 0 Å². The summed E-state index contributed by atoms with van der Waals surface area (Å²) >= 11 is 0. The molecule has 1 amide bonds. The molecule has 1 fully saturated rings. The Kier molecular flexibility index (Phi) is 5.43. The summed E-state index contributed by atoms with van der Waals surface area (Å²) in [7, 11) is 1.59. The Morgan fingerprint density at radius 2 is 1.90 bits per heavy atom. The number of pyridine rings is 2. The number of hydrogen-bond acceptors (Lipinski definition) is 6. The Morgan fingerprint density at radius 1 is 1.07 bits per heavy atom. The number of para-hydroxylation sites is 1. The van der Waals surface area contributed by atoms with Gasteiger partial charge in [-0.15, -0.1) is 0 Å². The van der Waals surface area contributed by atoms with Crippen molar-refractivity contribution in [2.75, 3.05) is 17.7 Å². The number of Topliss-reactive ketones (excluding diaryl/α,β-unsaturated/α-hetero) is 1. The molecule has 0 unspecified atom stereocenters. The average molecular weight is 402 g/mol. The number of carbonyl (C=O) groups is 2. The minimum absolute atomic E-state index is 0.0428. The van der Waals surface area contributed by atoms with Crippen LogP contribution in [0.15, 0.2) is 54.9 Å². The summed E-state index contributed by atoms with van der Waals surface area (Å²) in [6.07, 6.45) is 5.00. The van der Waals surface area contributed by atoms with Gasteiger partial charge in [0.15, 0.2) is 11.5 Å². The molecular weight excluding hydrogens is 380 g/mol. The van der Waals surface area contributed by atoms with Gasteiger partial charge < -0.3 is 15.4 Å². The number of benzene rings is 1. The monoisotopic (exact) mass is 402 g/mol. The van der Waals surface area contributed by atoms with Crippen LogP contribution in [-0.2, 0) is 4.79 Å². The summed E-state index contributed by atoms with van der Waals surface area (Å²) in [5.74, 6) is 0.889. The summed E-state index contributed by atoms with van der Waals surface area (Å²) in [4.78, 5) is 32.9. The molecule has 2 N–H and O–H groups in total. The SMILES string of the molecule is COc1c(Nc2cc(NC(=O)C3CC3)ncc2C(C)=O)cccc1-c1ccccn1. The average Bonchev–Trinajstić information content (AvgIpc) is 3.60. The molecule has 1 saturated carbocycles. The molecule has 0 bridgehead atoms. The van der Waals surface area contributed by atoms with Crippen molar-refractivity contribution in [3.63, 3.8) is 0 Å². The van der Waals surface area contributed by atoms with Crippen molar-refractivity contribution >= 4 is 28.9 Å². The van der Waals surface area contributed by atoms with Gasteiger partial charge in [-0.1, -0.05) is 12.1 Å². The second kappa shape index (κ2) is 8.32. The maximum Gasteiger partial charge on any atom is 0.228 e. The van der Waals surface area contributed by atoms with E-state index in [-0.39, 0.29) is 17.6 Å². The van der Waals surface area contributed by atoms with Crippen LogP contribution in [0, 0.1) is 5.92 Å². The van der Waals surface area contributed by atoms with E-state index in [1.54, 1.807) is 19.4 Å². The zero-order chi connectivity index (χ0) is 21.1. The van der Waals surface area contributed by atoms with Gasteiger partial charge >= 0.3 is 0 Å². The summed E-state index contributed by atoms with van der Waals surface area (Å²) < 4.78 is 5.67. The fourth-order valence-electron chi connectivity index (χ4n) is 3.21. The highest BCUT2D eigenvalue weighted by atomic mass is 16.5. The number of hydrogen-bond donors (Lipinski definition) is 2. The molecule has 2 heterocycles. The lowest BCUT2D eigenvalue weighted by Crippen LogP contribution is -2.15. The Morgan fingerprint density at radius 3 is 2.57 bits per heavy atom. The molecule has 7 heteroatoms. The lowest BCUT2D eigenvalue weighted by molar-refractivity contribution is -0.117. The fourth-order valence-corrected chi connectivity index (χ4v) is 3.21. The van der Waals surface area contributed by atoms with E-state index in [1.807, 2.05) is 36.4 Å². The number of rotatable bonds is 7. The van der Waals surface area contributed by atoms with Crippen LogP contribution in [0.25, 0.3) is 11.3 Å². The molecule has 30 heavy (non-hydrogen) atoms. The number of aromatic nitrogens is 2. The zero-order valence-corrected chi connectivity index (χ0v) is 16.8. The molecule has 1 aliphatic rings. The van der Waals surface area contributed by atoms with Crippen molar-refractivity contribution < 1.29 is 14.3 Å². The molecular formula is C23H22N4O3. The normalized spacial score (nSPS) is 12.9. The van der Waals surface area contributed by atoms with Crippen LogP contribution in [0.3, 0.4) is 0 Å². The number of amides is 1. The minimum atomic E-state index is -0.134. The van der Waals surface area contributed by atoms with Crippen LogP contribution in [0.2, 0.25) is 0 Å². The molecule has 0 radical (unpaired) electrons. The summed E-state index contributed by atoms with van der Waals surface area (Å²) in [5.41, 5.74) is 3.24. The van der Waals surface area contributed by atoms with Crippen LogP contribution in [0.5, 0.6) is 5.75 Å². The molecule has 1 aromatic carbocycles. The Hall–Kier alpha value is -3.74. The molecule has 0 aliphatic heterocycles. The standard InChI is InChI=1S/C23H22N4O3/c1-14(28)17-13-25-21(27-23(29)15-9-10-15)12-20(17)26-19-8-5-6-16(22(19)30-2)18-7-3-4-11-24-18/h3-8,11-13,15H,9-10H2,1-2H3,(H2,25,26,27,29). The first-order valence-electron chi connectivity index (χ1n) is 9.74. The topological polar surface area (TPSA) is 93.2 Å². The Labute approximate surface area is 174 Å². The number of ether oxygens (including phenoxy) is 1. The lowest BCUT2D eigenvalue weighted by Gasteiger charge is -2.17. The third-order valence-corrected chi connectivity index (χ3v) is 4.91. The lowest BCUT2D eigenvalue weighted by atomic mass is 10.1. The quantitative estimate of drug-likeness (QED) is 0.567. The molecule has 3 aromatic rings.